The van der Waals surface area contributed by atoms with Crippen LogP contribution in [0.4, 0.5) is 0 Å². The number of benzene rings is 1. The van der Waals surface area contributed by atoms with E-state index in [1.54, 1.807) is 0 Å². The molecular weight excluding hydrogens is 246 g/mol. The maximum atomic E-state index is 4.84. The lowest BCUT2D eigenvalue weighted by Crippen LogP contribution is -2.25. The van der Waals surface area contributed by atoms with Gasteiger partial charge in [-0.25, -0.2) is 4.98 Å². The van der Waals surface area contributed by atoms with Crippen molar-refractivity contribution in [3.05, 3.63) is 41.3 Å². The van der Waals surface area contributed by atoms with Crippen molar-refractivity contribution < 1.29 is 0 Å². The molecule has 1 aromatic carbocycles. The number of aromatic nitrogens is 2. The Morgan fingerprint density at radius 3 is 2.90 bits per heavy atom. The summed E-state index contributed by atoms with van der Waals surface area (Å²) in [6, 6.07) is 9.42. The molecule has 1 aromatic heterocycles. The molecule has 0 radical (unpaired) electrons. The van der Waals surface area contributed by atoms with Crippen molar-refractivity contribution in [1.82, 2.24) is 15.3 Å². The van der Waals surface area contributed by atoms with E-state index in [0.29, 0.717) is 0 Å². The summed E-state index contributed by atoms with van der Waals surface area (Å²) in [5, 5.41) is 3.53. The van der Waals surface area contributed by atoms with Gasteiger partial charge in [-0.15, -0.1) is 0 Å². The second-order valence-corrected chi connectivity index (χ2v) is 6.77. The first-order chi connectivity index (χ1) is 9.63. The van der Waals surface area contributed by atoms with Crippen molar-refractivity contribution in [1.29, 1.82) is 0 Å². The number of hydrogen-bond donors (Lipinski definition) is 2. The van der Waals surface area contributed by atoms with E-state index >= 15 is 0 Å². The number of aromatic amines is 1. The van der Waals surface area contributed by atoms with E-state index in [1.165, 1.54) is 29.7 Å². The Morgan fingerprint density at radius 1 is 1.30 bits per heavy atom. The van der Waals surface area contributed by atoms with Gasteiger partial charge >= 0.3 is 0 Å². The summed E-state index contributed by atoms with van der Waals surface area (Å²) in [4.78, 5) is 8.38. The van der Waals surface area contributed by atoms with Gasteiger partial charge in [-0.3, -0.25) is 0 Å². The van der Waals surface area contributed by atoms with Crippen LogP contribution < -0.4 is 5.32 Å². The highest BCUT2D eigenvalue weighted by atomic mass is 15.0. The van der Waals surface area contributed by atoms with E-state index in [2.05, 4.69) is 48.4 Å². The van der Waals surface area contributed by atoms with Crippen LogP contribution >= 0.6 is 0 Å². The summed E-state index contributed by atoms with van der Waals surface area (Å²) < 4.78 is 0. The van der Waals surface area contributed by atoms with Crippen molar-refractivity contribution in [2.75, 3.05) is 0 Å². The van der Waals surface area contributed by atoms with Gasteiger partial charge in [0.2, 0.25) is 0 Å². The second-order valence-electron chi connectivity index (χ2n) is 6.77. The van der Waals surface area contributed by atoms with Gasteiger partial charge in [0.15, 0.2) is 0 Å². The number of fused-ring (bicyclic) bond motifs is 3. The fourth-order valence-electron chi connectivity index (χ4n) is 3.24. The van der Waals surface area contributed by atoms with Crippen LogP contribution in [0.3, 0.4) is 0 Å². The maximum absolute atomic E-state index is 4.84. The first-order valence-corrected chi connectivity index (χ1v) is 7.54. The normalized spacial score (nSPS) is 19.5. The van der Waals surface area contributed by atoms with E-state index in [0.717, 1.165) is 30.5 Å². The van der Waals surface area contributed by atoms with Gasteiger partial charge in [0.05, 0.1) is 12.2 Å². The highest BCUT2D eigenvalue weighted by molar-refractivity contribution is 5.70. The minimum atomic E-state index is 0.178. The summed E-state index contributed by atoms with van der Waals surface area (Å²) in [5.41, 5.74) is 5.35. The Morgan fingerprint density at radius 2 is 2.10 bits per heavy atom. The lowest BCUT2D eigenvalue weighted by molar-refractivity contribution is 0.510. The third-order valence-corrected chi connectivity index (χ3v) is 4.49. The predicted octanol–water partition coefficient (Wildman–Crippen LogP) is 3.16. The molecule has 0 unspecified atom stereocenters. The molecule has 4 rings (SSSR count). The molecule has 20 heavy (non-hydrogen) atoms. The quantitative estimate of drug-likeness (QED) is 0.897. The molecule has 0 bridgehead atoms. The molecule has 1 heterocycles. The van der Waals surface area contributed by atoms with Crippen LogP contribution in [0, 0.1) is 0 Å². The van der Waals surface area contributed by atoms with E-state index in [4.69, 9.17) is 4.98 Å². The van der Waals surface area contributed by atoms with Crippen LogP contribution in [0.1, 0.15) is 43.8 Å². The zero-order chi connectivity index (χ0) is 13.7. The SMILES string of the molecule is CC1(C)Cc2[nH]c(CNC3CC3)nc2-c2ccccc21. The lowest BCUT2D eigenvalue weighted by Gasteiger charge is -2.31. The van der Waals surface area contributed by atoms with Crippen LogP contribution in [-0.2, 0) is 18.4 Å². The van der Waals surface area contributed by atoms with Gasteiger partial charge in [0, 0.05) is 17.3 Å². The van der Waals surface area contributed by atoms with Crippen molar-refractivity contribution in [2.24, 2.45) is 0 Å². The monoisotopic (exact) mass is 267 g/mol. The molecule has 2 aliphatic rings. The minimum Gasteiger partial charge on any atom is -0.344 e. The maximum Gasteiger partial charge on any atom is 0.121 e. The number of nitrogens with one attached hydrogen (secondary N) is 2. The van der Waals surface area contributed by atoms with Crippen molar-refractivity contribution in [3.63, 3.8) is 0 Å². The first kappa shape index (κ1) is 12.2. The van der Waals surface area contributed by atoms with Gasteiger partial charge < -0.3 is 10.3 Å². The fraction of sp³-hybridized carbons (Fsp3) is 0.471. The largest absolute Gasteiger partial charge is 0.344 e. The highest BCUT2D eigenvalue weighted by Gasteiger charge is 2.33. The van der Waals surface area contributed by atoms with Crippen LogP contribution in [-0.4, -0.2) is 16.0 Å². The van der Waals surface area contributed by atoms with E-state index < -0.39 is 0 Å². The summed E-state index contributed by atoms with van der Waals surface area (Å²) >= 11 is 0. The molecule has 0 saturated heterocycles. The highest BCUT2D eigenvalue weighted by Crippen LogP contribution is 2.41. The molecular formula is C17H21N3. The Bertz CT molecular complexity index is 650. The van der Waals surface area contributed by atoms with Crippen molar-refractivity contribution in [2.45, 2.75) is 51.1 Å². The van der Waals surface area contributed by atoms with Crippen LogP contribution in [0.15, 0.2) is 24.3 Å². The van der Waals surface area contributed by atoms with Gasteiger partial charge in [0.1, 0.15) is 5.82 Å². The number of nitrogens with zero attached hydrogens (tertiary/aromatic N) is 1. The molecule has 2 aromatic rings. The standard InChI is InChI=1S/C17H21N3/c1-17(2)9-14-16(12-5-3-4-6-13(12)17)20-15(19-14)10-18-11-7-8-11/h3-6,11,18H,7-10H2,1-2H3,(H,19,20). The third kappa shape index (κ3) is 1.97. The molecule has 0 amide bonds. The van der Waals surface area contributed by atoms with E-state index in [9.17, 15) is 0 Å². The number of H-pyrrole nitrogens is 1. The summed E-state index contributed by atoms with van der Waals surface area (Å²) in [7, 11) is 0. The smallest absolute Gasteiger partial charge is 0.121 e. The van der Waals surface area contributed by atoms with Crippen LogP contribution in [0.25, 0.3) is 11.3 Å². The number of rotatable bonds is 3. The summed E-state index contributed by atoms with van der Waals surface area (Å²) in [5.74, 6) is 1.08. The first-order valence-electron chi connectivity index (χ1n) is 7.54. The van der Waals surface area contributed by atoms with Crippen LogP contribution in [0.5, 0.6) is 0 Å². The zero-order valence-corrected chi connectivity index (χ0v) is 12.2. The van der Waals surface area contributed by atoms with Gasteiger partial charge in [-0.2, -0.15) is 0 Å². The van der Waals surface area contributed by atoms with Crippen molar-refractivity contribution in [3.8, 4) is 11.3 Å². The second kappa shape index (κ2) is 4.19. The lowest BCUT2D eigenvalue weighted by atomic mass is 9.73. The zero-order valence-electron chi connectivity index (χ0n) is 12.2. The Balaban J connectivity index is 1.72. The van der Waals surface area contributed by atoms with E-state index in [1.807, 2.05) is 0 Å². The van der Waals surface area contributed by atoms with Crippen molar-refractivity contribution >= 4 is 0 Å². The predicted molar refractivity (Wildman–Crippen MR) is 80.6 cm³/mol. The molecule has 3 nitrogen and oxygen atoms in total. The molecule has 2 aliphatic carbocycles. The van der Waals surface area contributed by atoms with Crippen LogP contribution in [0.2, 0.25) is 0 Å². The average Bonchev–Trinajstić information content (AvgIpc) is 3.17. The molecule has 0 spiro atoms. The molecule has 1 saturated carbocycles. The number of imidazole rings is 1. The summed E-state index contributed by atoms with van der Waals surface area (Å²) in [6.45, 7) is 5.50. The topological polar surface area (TPSA) is 40.7 Å². The molecule has 104 valence electrons. The molecule has 3 heteroatoms. The van der Waals surface area contributed by atoms with Gasteiger partial charge in [-0.1, -0.05) is 38.1 Å². The Hall–Kier alpha value is -1.61. The Kier molecular flexibility index (Phi) is 2.55. The van der Waals surface area contributed by atoms with E-state index in [-0.39, 0.29) is 5.41 Å². The number of hydrogen-bond acceptors (Lipinski definition) is 2. The van der Waals surface area contributed by atoms with Gasteiger partial charge in [0.25, 0.3) is 0 Å². The third-order valence-electron chi connectivity index (χ3n) is 4.49. The molecule has 1 fully saturated rings. The summed E-state index contributed by atoms with van der Waals surface area (Å²) in [6.07, 6.45) is 3.67. The molecule has 2 N–H and O–H groups in total. The van der Waals surface area contributed by atoms with Gasteiger partial charge in [-0.05, 0) is 30.2 Å². The fourth-order valence-corrected chi connectivity index (χ4v) is 3.24. The Labute approximate surface area is 119 Å². The molecule has 0 atom stereocenters. The average molecular weight is 267 g/mol. The molecule has 0 aliphatic heterocycles. The minimum absolute atomic E-state index is 0.178.